The molecule has 1 aromatic carbocycles. The second-order valence-corrected chi connectivity index (χ2v) is 9.29. The van der Waals surface area contributed by atoms with Crippen molar-refractivity contribution in [2.45, 2.75) is 45.7 Å². The van der Waals surface area contributed by atoms with Crippen LogP contribution in [-0.2, 0) is 22.6 Å². The second kappa shape index (κ2) is 9.62. The number of thiazole rings is 1. The van der Waals surface area contributed by atoms with Crippen LogP contribution in [0.3, 0.4) is 0 Å². The number of aromatic amines is 1. The lowest BCUT2D eigenvalue weighted by molar-refractivity contribution is -0.125. The summed E-state index contributed by atoms with van der Waals surface area (Å²) >= 11 is 1.43. The molecule has 0 radical (unpaired) electrons. The summed E-state index contributed by atoms with van der Waals surface area (Å²) < 4.78 is 0. The van der Waals surface area contributed by atoms with Crippen molar-refractivity contribution in [2.24, 2.45) is 5.92 Å². The molecular formula is C23H29N5O2S. The first-order valence-corrected chi connectivity index (χ1v) is 11.7. The molecule has 1 aliphatic rings. The van der Waals surface area contributed by atoms with E-state index in [9.17, 15) is 9.59 Å². The Hall–Kier alpha value is -2.71. The van der Waals surface area contributed by atoms with Gasteiger partial charge < -0.3 is 15.6 Å². The number of anilines is 1. The molecule has 0 saturated carbocycles. The lowest BCUT2D eigenvalue weighted by Crippen LogP contribution is -2.44. The van der Waals surface area contributed by atoms with E-state index >= 15 is 0 Å². The minimum atomic E-state index is -0.674. The van der Waals surface area contributed by atoms with Gasteiger partial charge in [-0.1, -0.05) is 25.1 Å². The van der Waals surface area contributed by atoms with E-state index in [0.717, 1.165) is 47.7 Å². The smallest absolute Gasteiger partial charge is 0.249 e. The lowest BCUT2D eigenvalue weighted by atomic mass is 10.0. The van der Waals surface area contributed by atoms with Crippen LogP contribution in [-0.4, -0.2) is 45.8 Å². The number of H-pyrrole nitrogens is 1. The van der Waals surface area contributed by atoms with Crippen LogP contribution >= 0.6 is 11.3 Å². The summed E-state index contributed by atoms with van der Waals surface area (Å²) in [5, 5.41) is 9.31. The number of rotatable bonds is 7. The molecule has 7 nitrogen and oxygen atoms in total. The fraction of sp³-hybridized carbons (Fsp3) is 0.435. The summed E-state index contributed by atoms with van der Waals surface area (Å²) in [5.74, 6) is 0.224. The van der Waals surface area contributed by atoms with Gasteiger partial charge in [0.15, 0.2) is 5.13 Å². The molecule has 4 rings (SSSR count). The molecule has 0 spiro atoms. The van der Waals surface area contributed by atoms with Crippen molar-refractivity contribution in [1.82, 2.24) is 20.2 Å². The number of fused-ring (bicyclic) bond motifs is 1. The number of nitrogens with one attached hydrogen (secondary N) is 3. The van der Waals surface area contributed by atoms with E-state index in [-0.39, 0.29) is 11.8 Å². The molecule has 1 fully saturated rings. The second-order valence-electron chi connectivity index (χ2n) is 8.43. The maximum atomic E-state index is 13.0. The highest BCUT2D eigenvalue weighted by Gasteiger charge is 2.23. The van der Waals surface area contributed by atoms with Crippen LogP contribution in [0.2, 0.25) is 0 Å². The Balaban J connectivity index is 1.42. The molecule has 2 aromatic heterocycles. The van der Waals surface area contributed by atoms with Crippen molar-refractivity contribution in [1.29, 1.82) is 0 Å². The zero-order valence-electron chi connectivity index (χ0n) is 18.0. The predicted molar refractivity (Wildman–Crippen MR) is 124 cm³/mol. The minimum Gasteiger partial charge on any atom is -0.361 e. The fourth-order valence-electron chi connectivity index (χ4n) is 4.26. The van der Waals surface area contributed by atoms with Gasteiger partial charge in [-0.2, -0.15) is 0 Å². The topological polar surface area (TPSA) is 90.1 Å². The first-order valence-electron chi connectivity index (χ1n) is 10.8. The van der Waals surface area contributed by atoms with Gasteiger partial charge >= 0.3 is 0 Å². The van der Waals surface area contributed by atoms with Crippen LogP contribution in [0.5, 0.6) is 0 Å². The maximum absolute atomic E-state index is 13.0. The third-order valence-electron chi connectivity index (χ3n) is 5.70. The molecule has 164 valence electrons. The molecule has 1 aliphatic heterocycles. The Morgan fingerprint density at radius 3 is 3.00 bits per heavy atom. The quantitative estimate of drug-likeness (QED) is 0.525. The van der Waals surface area contributed by atoms with E-state index in [1.54, 1.807) is 0 Å². The molecule has 2 atom stereocenters. The van der Waals surface area contributed by atoms with E-state index in [2.05, 4.69) is 32.4 Å². The number of piperidine rings is 1. The number of carbonyl (C=O) groups excluding carboxylic acids is 2. The Labute approximate surface area is 186 Å². The molecule has 3 aromatic rings. The zero-order valence-corrected chi connectivity index (χ0v) is 18.8. The fourth-order valence-corrected chi connectivity index (χ4v) is 4.97. The number of amides is 2. The molecular weight excluding hydrogens is 410 g/mol. The van der Waals surface area contributed by atoms with Crippen LogP contribution < -0.4 is 10.6 Å². The SMILES string of the molecule is CC(=O)N[C@@H](Cc1c[nH]c2ccccc12)C(=O)Nc1nc(CN2CCCC(C)C2)cs1. The number of hydrogen-bond donors (Lipinski definition) is 3. The van der Waals surface area contributed by atoms with Gasteiger partial charge in [0.05, 0.1) is 5.69 Å². The van der Waals surface area contributed by atoms with E-state index < -0.39 is 6.04 Å². The Morgan fingerprint density at radius 1 is 1.35 bits per heavy atom. The number of hydrogen-bond acceptors (Lipinski definition) is 5. The van der Waals surface area contributed by atoms with E-state index in [4.69, 9.17) is 0 Å². The van der Waals surface area contributed by atoms with Gasteiger partial charge in [-0.3, -0.25) is 14.5 Å². The van der Waals surface area contributed by atoms with Crippen LogP contribution in [0.1, 0.15) is 37.9 Å². The number of nitrogens with zero attached hydrogens (tertiary/aromatic N) is 2. The van der Waals surface area contributed by atoms with Gasteiger partial charge in [-0.25, -0.2) is 4.98 Å². The van der Waals surface area contributed by atoms with Gasteiger partial charge in [-0.05, 0) is 36.9 Å². The highest BCUT2D eigenvalue weighted by atomic mass is 32.1. The Bertz CT molecular complexity index is 1060. The van der Waals surface area contributed by atoms with Crippen LogP contribution in [0.4, 0.5) is 5.13 Å². The van der Waals surface area contributed by atoms with Crippen molar-refractivity contribution in [3.05, 3.63) is 47.1 Å². The number of carbonyl (C=O) groups is 2. The van der Waals surface area contributed by atoms with Gasteiger partial charge in [0.1, 0.15) is 6.04 Å². The highest BCUT2D eigenvalue weighted by molar-refractivity contribution is 7.13. The molecule has 1 saturated heterocycles. The standard InChI is InChI=1S/C23H29N5O2S/c1-15-6-5-9-28(12-15)13-18-14-31-23(26-18)27-22(30)21(25-16(2)29)10-17-11-24-20-8-4-3-7-19(17)20/h3-4,7-8,11,14-15,21,24H,5-6,9-10,12-13H2,1-2H3,(H,25,29)(H,26,27,30)/t15?,21-/m0/s1. The largest absolute Gasteiger partial charge is 0.361 e. The lowest BCUT2D eigenvalue weighted by Gasteiger charge is -2.30. The van der Waals surface area contributed by atoms with Gasteiger partial charge in [0, 0.05) is 48.9 Å². The highest BCUT2D eigenvalue weighted by Crippen LogP contribution is 2.22. The monoisotopic (exact) mass is 439 g/mol. The van der Waals surface area contributed by atoms with Crippen molar-refractivity contribution in [2.75, 3.05) is 18.4 Å². The summed E-state index contributed by atoms with van der Waals surface area (Å²) in [6.07, 6.45) is 4.81. The maximum Gasteiger partial charge on any atom is 0.249 e. The van der Waals surface area contributed by atoms with E-state index in [1.165, 1.54) is 31.1 Å². The molecule has 3 N–H and O–H groups in total. The number of benzene rings is 1. The first kappa shape index (κ1) is 21.5. The molecule has 0 aliphatic carbocycles. The average molecular weight is 440 g/mol. The summed E-state index contributed by atoms with van der Waals surface area (Å²) in [5.41, 5.74) is 2.97. The molecule has 0 bridgehead atoms. The van der Waals surface area contributed by atoms with Crippen molar-refractivity contribution < 1.29 is 9.59 Å². The van der Waals surface area contributed by atoms with Crippen LogP contribution in [0, 0.1) is 5.92 Å². The number of para-hydroxylation sites is 1. The Kier molecular flexibility index (Phi) is 6.67. The third-order valence-corrected chi connectivity index (χ3v) is 6.51. The van der Waals surface area contributed by atoms with Crippen molar-refractivity contribution in [3.63, 3.8) is 0 Å². The van der Waals surface area contributed by atoms with Crippen molar-refractivity contribution in [3.8, 4) is 0 Å². The molecule has 8 heteroatoms. The van der Waals surface area contributed by atoms with Gasteiger partial charge in [0.2, 0.25) is 11.8 Å². The average Bonchev–Trinajstić information content (AvgIpc) is 3.34. The molecule has 1 unspecified atom stereocenters. The first-order chi connectivity index (χ1) is 15.0. The normalized spacial score (nSPS) is 18.1. The minimum absolute atomic E-state index is 0.237. The summed E-state index contributed by atoms with van der Waals surface area (Å²) in [6, 6.07) is 7.26. The zero-order chi connectivity index (χ0) is 21.8. The Morgan fingerprint density at radius 2 is 2.19 bits per heavy atom. The van der Waals surface area contributed by atoms with Crippen molar-refractivity contribution >= 4 is 39.2 Å². The van der Waals surface area contributed by atoms with Gasteiger partial charge in [-0.15, -0.1) is 11.3 Å². The molecule has 31 heavy (non-hydrogen) atoms. The summed E-state index contributed by atoms with van der Waals surface area (Å²) in [4.78, 5) is 35.0. The van der Waals surface area contributed by atoms with E-state index in [1.807, 2.05) is 35.8 Å². The summed E-state index contributed by atoms with van der Waals surface area (Å²) in [7, 11) is 0. The molecule has 3 heterocycles. The third kappa shape index (κ3) is 5.51. The van der Waals surface area contributed by atoms with Crippen LogP contribution in [0.25, 0.3) is 10.9 Å². The summed E-state index contributed by atoms with van der Waals surface area (Å²) in [6.45, 7) is 6.71. The number of likely N-dealkylation sites (tertiary alicyclic amines) is 1. The van der Waals surface area contributed by atoms with Crippen LogP contribution in [0.15, 0.2) is 35.8 Å². The van der Waals surface area contributed by atoms with Gasteiger partial charge in [0.25, 0.3) is 0 Å². The van der Waals surface area contributed by atoms with E-state index in [0.29, 0.717) is 11.6 Å². The number of aromatic nitrogens is 2. The molecule has 2 amide bonds. The predicted octanol–water partition coefficient (Wildman–Crippen LogP) is 3.54.